The van der Waals surface area contributed by atoms with Crippen molar-refractivity contribution in [2.24, 2.45) is 5.92 Å². The Morgan fingerprint density at radius 3 is 2.79 bits per heavy atom. The number of nitrogens with one attached hydrogen (secondary N) is 2. The molecule has 0 spiro atoms. The number of hydrogen-bond donors (Lipinski definition) is 2. The van der Waals surface area contributed by atoms with Crippen molar-refractivity contribution in [2.75, 3.05) is 12.4 Å². The molecule has 1 aliphatic rings. The number of rotatable bonds is 3. The molecule has 1 aliphatic heterocycles. The Balaban J connectivity index is 1.98. The van der Waals surface area contributed by atoms with Crippen LogP contribution in [0.5, 0.6) is 0 Å². The molecule has 0 bridgehead atoms. The third-order valence-electron chi connectivity index (χ3n) is 2.72. The standard InChI is InChI=1S/C12H12FN3O3/c1-16-12(19)9(11(18)15-16)6-10(17)14-8-4-2-3-7(13)5-8/h2-5,9H,6H2,1H3,(H,14,17)(H,15,18). The molecule has 1 fully saturated rings. The van der Waals surface area contributed by atoms with Crippen LogP contribution in [0.25, 0.3) is 0 Å². The largest absolute Gasteiger partial charge is 0.326 e. The second-order valence-corrected chi connectivity index (χ2v) is 4.19. The van der Waals surface area contributed by atoms with E-state index < -0.39 is 29.5 Å². The third-order valence-corrected chi connectivity index (χ3v) is 2.72. The summed E-state index contributed by atoms with van der Waals surface area (Å²) in [6.45, 7) is 0. The number of anilines is 1. The van der Waals surface area contributed by atoms with Crippen LogP contribution in [0.2, 0.25) is 0 Å². The topological polar surface area (TPSA) is 78.5 Å². The van der Waals surface area contributed by atoms with Gasteiger partial charge >= 0.3 is 0 Å². The fourth-order valence-electron chi connectivity index (χ4n) is 1.79. The number of hydrogen-bond acceptors (Lipinski definition) is 3. The van der Waals surface area contributed by atoms with Crippen molar-refractivity contribution < 1.29 is 18.8 Å². The van der Waals surface area contributed by atoms with Crippen molar-refractivity contribution in [3.8, 4) is 0 Å². The van der Waals surface area contributed by atoms with Crippen molar-refractivity contribution in [1.29, 1.82) is 0 Å². The first-order valence-corrected chi connectivity index (χ1v) is 5.61. The first-order chi connectivity index (χ1) is 8.97. The van der Waals surface area contributed by atoms with E-state index >= 15 is 0 Å². The second-order valence-electron chi connectivity index (χ2n) is 4.19. The number of halogens is 1. The van der Waals surface area contributed by atoms with Gasteiger partial charge in [0.1, 0.15) is 11.7 Å². The molecule has 2 N–H and O–H groups in total. The van der Waals surface area contributed by atoms with E-state index in [1.54, 1.807) is 0 Å². The molecule has 7 heteroatoms. The van der Waals surface area contributed by atoms with Crippen molar-refractivity contribution >= 4 is 23.4 Å². The van der Waals surface area contributed by atoms with Gasteiger partial charge in [-0.3, -0.25) is 24.8 Å². The molecule has 100 valence electrons. The second kappa shape index (κ2) is 5.05. The van der Waals surface area contributed by atoms with Gasteiger partial charge in [-0.25, -0.2) is 4.39 Å². The lowest BCUT2D eigenvalue weighted by molar-refractivity contribution is -0.134. The number of carbonyl (C=O) groups is 3. The number of amides is 3. The fourth-order valence-corrected chi connectivity index (χ4v) is 1.79. The molecule has 6 nitrogen and oxygen atoms in total. The summed E-state index contributed by atoms with van der Waals surface area (Å²) in [5, 5.41) is 3.48. The van der Waals surface area contributed by atoms with Crippen LogP contribution in [0.1, 0.15) is 6.42 Å². The smallest absolute Gasteiger partial charge is 0.253 e. The van der Waals surface area contributed by atoms with Crippen LogP contribution >= 0.6 is 0 Å². The predicted molar refractivity (Wildman–Crippen MR) is 64.0 cm³/mol. The highest BCUT2D eigenvalue weighted by Crippen LogP contribution is 2.15. The Morgan fingerprint density at radius 2 is 2.21 bits per heavy atom. The SMILES string of the molecule is CN1NC(=O)C(CC(=O)Nc2cccc(F)c2)C1=O. The summed E-state index contributed by atoms with van der Waals surface area (Å²) in [5.74, 6) is -3.00. The summed E-state index contributed by atoms with van der Waals surface area (Å²) in [5.41, 5.74) is 2.58. The van der Waals surface area contributed by atoms with E-state index in [1.165, 1.54) is 25.2 Å². The Morgan fingerprint density at radius 1 is 1.47 bits per heavy atom. The molecule has 0 saturated carbocycles. The van der Waals surface area contributed by atoms with Gasteiger partial charge in [-0.2, -0.15) is 0 Å². The van der Waals surface area contributed by atoms with Crippen LogP contribution < -0.4 is 10.7 Å². The minimum absolute atomic E-state index is 0.272. The summed E-state index contributed by atoms with van der Waals surface area (Å²) in [6.07, 6.45) is -0.272. The molecular weight excluding hydrogens is 253 g/mol. The predicted octanol–water partition coefficient (Wildman–Crippen LogP) is 0.274. The van der Waals surface area contributed by atoms with Gasteiger partial charge in [0.25, 0.3) is 11.8 Å². The number of carbonyl (C=O) groups excluding carboxylic acids is 3. The van der Waals surface area contributed by atoms with E-state index in [4.69, 9.17) is 0 Å². The van der Waals surface area contributed by atoms with E-state index in [9.17, 15) is 18.8 Å². The zero-order valence-electron chi connectivity index (χ0n) is 10.1. The summed E-state index contributed by atoms with van der Waals surface area (Å²) in [4.78, 5) is 34.7. The van der Waals surface area contributed by atoms with Crippen LogP contribution in [-0.2, 0) is 14.4 Å². The van der Waals surface area contributed by atoms with E-state index in [0.717, 1.165) is 11.1 Å². The maximum atomic E-state index is 12.9. The van der Waals surface area contributed by atoms with Crippen molar-refractivity contribution in [3.63, 3.8) is 0 Å². The normalized spacial score (nSPS) is 18.4. The minimum atomic E-state index is -1.03. The van der Waals surface area contributed by atoms with Gasteiger partial charge in [-0.15, -0.1) is 0 Å². The molecule has 0 aromatic heterocycles. The first kappa shape index (κ1) is 13.0. The molecule has 19 heavy (non-hydrogen) atoms. The summed E-state index contributed by atoms with van der Waals surface area (Å²) < 4.78 is 12.9. The molecule has 3 amide bonds. The molecule has 1 aromatic carbocycles. The van der Waals surface area contributed by atoms with Gasteiger partial charge in [0.15, 0.2) is 0 Å². The van der Waals surface area contributed by atoms with E-state index in [-0.39, 0.29) is 12.1 Å². The molecule has 1 aromatic rings. The van der Waals surface area contributed by atoms with E-state index in [1.807, 2.05) is 0 Å². The van der Waals surface area contributed by atoms with Crippen molar-refractivity contribution in [2.45, 2.75) is 6.42 Å². The highest BCUT2D eigenvalue weighted by Gasteiger charge is 2.38. The molecule has 1 heterocycles. The average molecular weight is 265 g/mol. The molecule has 0 aliphatic carbocycles. The van der Waals surface area contributed by atoms with E-state index in [2.05, 4.69) is 10.7 Å². The van der Waals surface area contributed by atoms with Crippen LogP contribution in [-0.4, -0.2) is 29.8 Å². The van der Waals surface area contributed by atoms with Gasteiger partial charge in [-0.05, 0) is 18.2 Å². The van der Waals surface area contributed by atoms with Gasteiger partial charge in [0.05, 0.1) is 0 Å². The molecule has 1 saturated heterocycles. The number of hydrazine groups is 1. The molecular formula is C12H12FN3O3. The van der Waals surface area contributed by atoms with Crippen LogP contribution in [0.4, 0.5) is 10.1 Å². The minimum Gasteiger partial charge on any atom is -0.326 e. The van der Waals surface area contributed by atoms with Crippen molar-refractivity contribution in [3.05, 3.63) is 30.1 Å². The highest BCUT2D eigenvalue weighted by molar-refractivity contribution is 6.08. The average Bonchev–Trinajstić information content (AvgIpc) is 2.56. The van der Waals surface area contributed by atoms with Gasteiger partial charge in [-0.1, -0.05) is 6.07 Å². The van der Waals surface area contributed by atoms with Gasteiger partial charge in [0.2, 0.25) is 5.91 Å². The van der Waals surface area contributed by atoms with Crippen LogP contribution in [0.15, 0.2) is 24.3 Å². The Bertz CT molecular complexity index is 547. The molecule has 1 atom stereocenters. The molecule has 2 rings (SSSR count). The lowest BCUT2D eigenvalue weighted by Crippen LogP contribution is -2.31. The third kappa shape index (κ3) is 2.87. The zero-order valence-corrected chi connectivity index (χ0v) is 10.1. The maximum Gasteiger partial charge on any atom is 0.253 e. The van der Waals surface area contributed by atoms with Gasteiger partial charge in [0, 0.05) is 19.2 Å². The first-order valence-electron chi connectivity index (χ1n) is 5.61. The lowest BCUT2D eigenvalue weighted by Gasteiger charge is -2.08. The summed E-state index contributed by atoms with van der Waals surface area (Å²) in [7, 11) is 1.41. The van der Waals surface area contributed by atoms with Gasteiger partial charge < -0.3 is 5.32 Å². The molecule has 0 radical (unpaired) electrons. The Hall–Kier alpha value is -2.44. The Kier molecular flexibility index (Phi) is 3.46. The quantitative estimate of drug-likeness (QED) is 0.770. The van der Waals surface area contributed by atoms with Crippen molar-refractivity contribution in [1.82, 2.24) is 10.4 Å². The Labute approximate surface area is 108 Å². The number of nitrogens with zero attached hydrogens (tertiary/aromatic N) is 1. The van der Waals surface area contributed by atoms with Crippen LogP contribution in [0.3, 0.4) is 0 Å². The zero-order chi connectivity index (χ0) is 14.0. The lowest BCUT2D eigenvalue weighted by atomic mass is 10.0. The highest BCUT2D eigenvalue weighted by atomic mass is 19.1. The van der Waals surface area contributed by atoms with E-state index in [0.29, 0.717) is 0 Å². The number of benzene rings is 1. The molecule has 1 unspecified atom stereocenters. The maximum absolute atomic E-state index is 12.9. The fraction of sp³-hybridized carbons (Fsp3) is 0.250. The monoisotopic (exact) mass is 265 g/mol. The summed E-state index contributed by atoms with van der Waals surface area (Å²) in [6, 6.07) is 5.37. The summed E-state index contributed by atoms with van der Waals surface area (Å²) >= 11 is 0. The van der Waals surface area contributed by atoms with Crippen LogP contribution in [0, 0.1) is 11.7 Å².